The van der Waals surface area contributed by atoms with Crippen molar-refractivity contribution in [2.75, 3.05) is 0 Å². The second-order valence-electron chi connectivity index (χ2n) is 1.64. The first-order valence-electron chi connectivity index (χ1n) is 2.39. The molecular formula is C5Cl5N. The zero-order valence-electron chi connectivity index (χ0n) is 4.84. The molecule has 1 heterocycles. The maximum atomic E-state index is 5.62. The van der Waals surface area contributed by atoms with Gasteiger partial charge < -0.3 is 0 Å². The van der Waals surface area contributed by atoms with Crippen LogP contribution in [0.15, 0.2) is 0 Å². The van der Waals surface area contributed by atoms with Crippen LogP contribution in [0.5, 0.6) is 0 Å². The molecule has 0 saturated carbocycles. The molecule has 0 saturated heterocycles. The van der Waals surface area contributed by atoms with E-state index in [0.29, 0.717) is 0 Å². The van der Waals surface area contributed by atoms with Gasteiger partial charge in [-0.15, -0.1) is 0 Å². The molecule has 0 atom stereocenters. The fourth-order valence-corrected chi connectivity index (χ4v) is 1.46. The maximum Gasteiger partial charge on any atom is 0.151 e. The van der Waals surface area contributed by atoms with Crippen LogP contribution in [0.2, 0.25) is 25.4 Å². The van der Waals surface area contributed by atoms with Crippen LogP contribution in [0, 0.1) is 0 Å². The average Bonchev–Trinajstić information content (AvgIpc) is 1.97. The van der Waals surface area contributed by atoms with Gasteiger partial charge in [-0.1, -0.05) is 58.0 Å². The monoisotopic (exact) mass is 253 g/mol. The summed E-state index contributed by atoms with van der Waals surface area (Å²) in [4.78, 5) is 3.62. The van der Waals surface area contributed by atoms with Gasteiger partial charge in [-0.2, -0.15) is 0 Å². The van der Waals surface area contributed by atoms with E-state index in [0.717, 1.165) is 0 Å². The molecule has 1 aromatic heterocycles. The highest BCUT2D eigenvalue weighted by atomic mass is 35.5. The number of rotatable bonds is 0. The lowest BCUT2D eigenvalue weighted by atomic mass is 10.7. The standard InChI is InChI=1S/C5Cl5N/c6-1-2(7)4(9)11-5(10)3(1)8/i4+2,5+2. The molecule has 0 N–H and O–H groups in total. The summed E-state index contributed by atoms with van der Waals surface area (Å²) in [5.74, 6) is 0. The summed E-state index contributed by atoms with van der Waals surface area (Å²) >= 11 is 27.8. The van der Waals surface area contributed by atoms with Crippen LogP contribution in [0.4, 0.5) is 0 Å². The molecule has 0 fully saturated rings. The summed E-state index contributed by atoms with van der Waals surface area (Å²) in [5.41, 5.74) is 0. The highest BCUT2D eigenvalue weighted by molar-refractivity contribution is 6.53. The predicted octanol–water partition coefficient (Wildman–Crippen LogP) is 4.35. The Hall–Kier alpha value is 0.600. The number of nitrogens with zero attached hydrogens (tertiary/aromatic N) is 1. The van der Waals surface area contributed by atoms with Gasteiger partial charge in [0, 0.05) is 0 Å². The predicted molar refractivity (Wildman–Crippen MR) is 49.3 cm³/mol. The van der Waals surface area contributed by atoms with Gasteiger partial charge in [-0.05, 0) is 0 Å². The minimum Gasteiger partial charge on any atom is -0.221 e. The highest BCUT2D eigenvalue weighted by Crippen LogP contribution is 2.37. The van der Waals surface area contributed by atoms with E-state index in [1.807, 2.05) is 0 Å². The third-order valence-corrected chi connectivity index (χ3v) is 2.99. The van der Waals surface area contributed by atoms with Crippen LogP contribution in [0.1, 0.15) is 0 Å². The summed E-state index contributed by atoms with van der Waals surface area (Å²) in [6.45, 7) is 0. The third-order valence-electron chi connectivity index (χ3n) is 0.944. The molecule has 0 bridgehead atoms. The van der Waals surface area contributed by atoms with Gasteiger partial charge in [0.2, 0.25) is 0 Å². The van der Waals surface area contributed by atoms with E-state index in [-0.39, 0.29) is 25.4 Å². The van der Waals surface area contributed by atoms with Crippen molar-refractivity contribution in [3.63, 3.8) is 0 Å². The maximum absolute atomic E-state index is 5.62. The van der Waals surface area contributed by atoms with Gasteiger partial charge in [0.1, 0.15) is 0 Å². The van der Waals surface area contributed by atoms with Crippen LogP contribution in [0.3, 0.4) is 0 Å². The zero-order valence-corrected chi connectivity index (χ0v) is 8.62. The molecule has 0 aromatic carbocycles. The summed E-state index contributed by atoms with van der Waals surface area (Å²) in [6.07, 6.45) is 0. The summed E-state index contributed by atoms with van der Waals surface area (Å²) in [7, 11) is 0. The third kappa shape index (κ3) is 1.85. The Balaban J connectivity index is 3.46. The van der Waals surface area contributed by atoms with Crippen molar-refractivity contribution >= 4 is 58.0 Å². The molecule has 60 valence electrons. The Morgan fingerprint density at radius 1 is 0.909 bits per heavy atom. The minimum absolute atomic E-state index is 0.0473. The second kappa shape index (κ2) is 3.55. The Kier molecular flexibility index (Phi) is 3.12. The smallest absolute Gasteiger partial charge is 0.151 e. The van der Waals surface area contributed by atoms with Crippen LogP contribution < -0.4 is 0 Å². The zero-order chi connectivity index (χ0) is 8.59. The number of halogens is 5. The van der Waals surface area contributed by atoms with Gasteiger partial charge in [0.05, 0.1) is 15.1 Å². The van der Waals surface area contributed by atoms with Crippen molar-refractivity contribution in [2.24, 2.45) is 0 Å². The molecule has 0 aliphatic heterocycles. The van der Waals surface area contributed by atoms with Crippen molar-refractivity contribution in [2.45, 2.75) is 0 Å². The van der Waals surface area contributed by atoms with Crippen molar-refractivity contribution < 1.29 is 0 Å². The quantitative estimate of drug-likeness (QED) is 0.628. The largest absolute Gasteiger partial charge is 0.221 e. The molecule has 0 unspecified atom stereocenters. The van der Waals surface area contributed by atoms with Crippen LogP contribution in [-0.2, 0) is 0 Å². The van der Waals surface area contributed by atoms with Gasteiger partial charge in [-0.25, -0.2) is 4.98 Å². The molecule has 0 aliphatic rings. The van der Waals surface area contributed by atoms with Crippen molar-refractivity contribution in [3.05, 3.63) is 25.4 Å². The van der Waals surface area contributed by atoms with E-state index < -0.39 is 0 Å². The van der Waals surface area contributed by atoms with E-state index in [9.17, 15) is 0 Å². The Morgan fingerprint density at radius 2 is 1.27 bits per heavy atom. The summed E-state index contributed by atoms with van der Waals surface area (Å²) < 4.78 is 0. The van der Waals surface area contributed by atoms with Crippen molar-refractivity contribution in [1.82, 2.24) is 4.98 Å². The molecule has 0 radical (unpaired) electrons. The number of pyridine rings is 1. The fraction of sp³-hybridized carbons (Fsp3) is 0. The van der Waals surface area contributed by atoms with E-state index in [2.05, 4.69) is 4.98 Å². The second-order valence-corrected chi connectivity index (χ2v) is 3.49. The van der Waals surface area contributed by atoms with Crippen molar-refractivity contribution in [3.8, 4) is 0 Å². The van der Waals surface area contributed by atoms with E-state index in [4.69, 9.17) is 58.0 Å². The van der Waals surface area contributed by atoms with Crippen molar-refractivity contribution in [1.29, 1.82) is 0 Å². The molecular weight excluding hydrogens is 255 g/mol. The average molecular weight is 255 g/mol. The fourth-order valence-electron chi connectivity index (χ4n) is 0.462. The summed E-state index contributed by atoms with van der Waals surface area (Å²) in [6, 6.07) is 0. The number of aromatic nitrogens is 1. The Labute approximate surface area is 88.2 Å². The lowest BCUT2D eigenvalue weighted by Gasteiger charge is -2.01. The molecule has 0 spiro atoms. The Morgan fingerprint density at radius 3 is 1.64 bits per heavy atom. The minimum atomic E-state index is 0.0473. The molecule has 0 aliphatic carbocycles. The van der Waals surface area contributed by atoms with Gasteiger partial charge >= 0.3 is 0 Å². The number of hydrogen-bond donors (Lipinski definition) is 0. The molecule has 1 nitrogen and oxygen atoms in total. The lowest BCUT2D eigenvalue weighted by Crippen LogP contribution is -1.82. The topological polar surface area (TPSA) is 12.9 Å². The molecule has 11 heavy (non-hydrogen) atoms. The Bertz CT molecular complexity index is 271. The first-order valence-corrected chi connectivity index (χ1v) is 4.28. The first kappa shape index (κ1) is 9.69. The summed E-state index contributed by atoms with van der Waals surface area (Å²) in [5, 5.41) is 0.445. The SMILES string of the molecule is Clc1c(Cl)[14c](Cl)n[14c](Cl)c1Cl. The number of hydrogen-bond acceptors (Lipinski definition) is 1. The van der Waals surface area contributed by atoms with E-state index >= 15 is 0 Å². The van der Waals surface area contributed by atoms with Gasteiger partial charge in [0.25, 0.3) is 0 Å². The van der Waals surface area contributed by atoms with Gasteiger partial charge in [0.15, 0.2) is 10.3 Å². The molecule has 1 rings (SSSR count). The highest BCUT2D eigenvalue weighted by Gasteiger charge is 2.12. The normalized spacial score (nSPS) is 10.3. The van der Waals surface area contributed by atoms with E-state index in [1.54, 1.807) is 0 Å². The van der Waals surface area contributed by atoms with Gasteiger partial charge in [-0.3, -0.25) is 0 Å². The molecule has 6 heteroatoms. The van der Waals surface area contributed by atoms with E-state index in [1.165, 1.54) is 0 Å². The lowest BCUT2D eigenvalue weighted by molar-refractivity contribution is 1.33. The first-order chi connectivity index (χ1) is 5.04. The molecule has 1 aromatic rings. The van der Waals surface area contributed by atoms with Crippen LogP contribution in [-0.4, -0.2) is 4.98 Å². The molecule has 0 amide bonds. The van der Waals surface area contributed by atoms with Crippen LogP contribution in [0.25, 0.3) is 0 Å². The van der Waals surface area contributed by atoms with Crippen LogP contribution >= 0.6 is 58.0 Å².